The van der Waals surface area contributed by atoms with Crippen LogP contribution in [-0.2, 0) is 6.54 Å². The van der Waals surface area contributed by atoms with Gasteiger partial charge in [0, 0.05) is 24.5 Å². The van der Waals surface area contributed by atoms with Crippen LogP contribution in [0.2, 0.25) is 0 Å². The maximum Gasteiger partial charge on any atom is 0.0860 e. The molecule has 5 heteroatoms. The lowest BCUT2D eigenvalue weighted by atomic mass is 10.2. The molecule has 0 aliphatic heterocycles. The zero-order valence-corrected chi connectivity index (χ0v) is 8.63. The highest BCUT2D eigenvalue weighted by atomic mass is 16.3. The van der Waals surface area contributed by atoms with Crippen molar-refractivity contribution in [3.05, 3.63) is 18.5 Å². The van der Waals surface area contributed by atoms with Gasteiger partial charge in [-0.25, -0.2) is 0 Å². The molecule has 0 bridgehead atoms. The van der Waals surface area contributed by atoms with Crippen molar-refractivity contribution in [2.24, 2.45) is 0 Å². The van der Waals surface area contributed by atoms with Crippen molar-refractivity contribution in [1.29, 1.82) is 0 Å². The van der Waals surface area contributed by atoms with E-state index in [1.54, 1.807) is 10.9 Å². The van der Waals surface area contributed by atoms with E-state index in [9.17, 15) is 5.11 Å². The van der Waals surface area contributed by atoms with Crippen molar-refractivity contribution in [3.63, 3.8) is 0 Å². The first-order chi connectivity index (χ1) is 7.24. The molecule has 1 heterocycles. The van der Waals surface area contributed by atoms with Crippen LogP contribution in [0.15, 0.2) is 18.5 Å². The molecule has 1 fully saturated rings. The highest BCUT2D eigenvalue weighted by molar-refractivity contribution is 5.01. The summed E-state index contributed by atoms with van der Waals surface area (Å²) >= 11 is 0. The van der Waals surface area contributed by atoms with E-state index >= 15 is 0 Å². The van der Waals surface area contributed by atoms with E-state index in [0.717, 1.165) is 12.8 Å². The van der Waals surface area contributed by atoms with Crippen molar-refractivity contribution in [3.8, 4) is 0 Å². The fourth-order valence-corrected chi connectivity index (χ4v) is 1.56. The van der Waals surface area contributed by atoms with E-state index in [2.05, 4.69) is 10.4 Å². The summed E-state index contributed by atoms with van der Waals surface area (Å²) in [7, 11) is 0. The summed E-state index contributed by atoms with van der Waals surface area (Å²) in [5, 5.41) is 26.0. The monoisotopic (exact) mass is 211 g/mol. The van der Waals surface area contributed by atoms with Crippen molar-refractivity contribution in [1.82, 2.24) is 15.1 Å². The third kappa shape index (κ3) is 2.77. The van der Waals surface area contributed by atoms with Gasteiger partial charge in [-0.1, -0.05) is 0 Å². The number of aromatic nitrogens is 2. The molecule has 0 saturated heterocycles. The molecule has 84 valence electrons. The van der Waals surface area contributed by atoms with Crippen LogP contribution >= 0.6 is 0 Å². The van der Waals surface area contributed by atoms with E-state index in [4.69, 9.17) is 5.11 Å². The van der Waals surface area contributed by atoms with Crippen LogP contribution in [0.25, 0.3) is 0 Å². The number of rotatable bonds is 6. The molecule has 1 aliphatic carbocycles. The average molecular weight is 211 g/mol. The summed E-state index contributed by atoms with van der Waals surface area (Å²) in [6.07, 6.45) is 5.04. The van der Waals surface area contributed by atoms with Gasteiger partial charge in [0.1, 0.15) is 0 Å². The number of nitrogens with one attached hydrogen (secondary N) is 1. The zero-order valence-electron chi connectivity index (χ0n) is 8.63. The molecule has 1 unspecified atom stereocenters. The standard InChI is InChI=1S/C10H17N3O2/c14-8-10(2-3-10)11-6-9(15)7-13-5-1-4-12-13/h1,4-5,9,11,14-15H,2-3,6-8H2. The Hall–Kier alpha value is -0.910. The van der Waals surface area contributed by atoms with Crippen LogP contribution < -0.4 is 5.32 Å². The van der Waals surface area contributed by atoms with Gasteiger partial charge in [-0.2, -0.15) is 5.10 Å². The Balaban J connectivity index is 1.71. The summed E-state index contributed by atoms with van der Waals surface area (Å²) in [6.45, 7) is 1.14. The van der Waals surface area contributed by atoms with Crippen molar-refractivity contribution in [2.45, 2.75) is 31.0 Å². The zero-order chi connectivity index (χ0) is 10.7. The fourth-order valence-electron chi connectivity index (χ4n) is 1.56. The molecule has 1 atom stereocenters. The van der Waals surface area contributed by atoms with Crippen LogP contribution in [0.4, 0.5) is 0 Å². The minimum absolute atomic E-state index is 0.106. The Morgan fingerprint density at radius 2 is 2.33 bits per heavy atom. The minimum atomic E-state index is -0.464. The highest BCUT2D eigenvalue weighted by Gasteiger charge is 2.41. The maximum atomic E-state index is 9.70. The van der Waals surface area contributed by atoms with Gasteiger partial charge in [-0.05, 0) is 18.9 Å². The van der Waals surface area contributed by atoms with Crippen LogP contribution in [0, 0.1) is 0 Å². The van der Waals surface area contributed by atoms with Crippen molar-refractivity contribution in [2.75, 3.05) is 13.2 Å². The smallest absolute Gasteiger partial charge is 0.0860 e. The second-order valence-electron chi connectivity index (χ2n) is 4.20. The van der Waals surface area contributed by atoms with Gasteiger partial charge < -0.3 is 15.5 Å². The van der Waals surface area contributed by atoms with E-state index in [0.29, 0.717) is 13.1 Å². The Morgan fingerprint density at radius 1 is 1.53 bits per heavy atom. The van der Waals surface area contributed by atoms with Gasteiger partial charge in [0.15, 0.2) is 0 Å². The SMILES string of the molecule is OCC1(NCC(O)Cn2cccn2)CC1. The van der Waals surface area contributed by atoms with Crippen LogP contribution in [0.1, 0.15) is 12.8 Å². The molecule has 1 aliphatic rings. The number of hydrogen-bond donors (Lipinski definition) is 3. The Bertz CT molecular complexity index is 296. The Morgan fingerprint density at radius 3 is 2.87 bits per heavy atom. The Labute approximate surface area is 88.7 Å². The average Bonchev–Trinajstić information content (AvgIpc) is 2.86. The quantitative estimate of drug-likeness (QED) is 0.585. The van der Waals surface area contributed by atoms with E-state index in [1.165, 1.54) is 0 Å². The van der Waals surface area contributed by atoms with Gasteiger partial charge in [-0.15, -0.1) is 0 Å². The molecule has 0 aromatic carbocycles. The van der Waals surface area contributed by atoms with E-state index in [1.807, 2.05) is 12.3 Å². The second kappa shape index (κ2) is 4.30. The lowest BCUT2D eigenvalue weighted by Gasteiger charge is -2.17. The number of hydrogen-bond acceptors (Lipinski definition) is 4. The summed E-state index contributed by atoms with van der Waals surface area (Å²) in [4.78, 5) is 0. The molecule has 1 aromatic heterocycles. The molecule has 1 saturated carbocycles. The van der Waals surface area contributed by atoms with Crippen molar-refractivity contribution < 1.29 is 10.2 Å². The summed E-state index contributed by atoms with van der Waals surface area (Å²) in [5.41, 5.74) is -0.106. The first kappa shape index (κ1) is 10.6. The Kier molecular flexibility index (Phi) is 3.04. The number of aliphatic hydroxyl groups is 2. The molecule has 15 heavy (non-hydrogen) atoms. The molecule has 3 N–H and O–H groups in total. The fraction of sp³-hybridized carbons (Fsp3) is 0.700. The highest BCUT2D eigenvalue weighted by Crippen LogP contribution is 2.34. The third-order valence-electron chi connectivity index (χ3n) is 2.83. The summed E-state index contributed by atoms with van der Waals surface area (Å²) in [6, 6.07) is 1.83. The molecular formula is C10H17N3O2. The molecule has 0 radical (unpaired) electrons. The topological polar surface area (TPSA) is 70.3 Å². The first-order valence-corrected chi connectivity index (χ1v) is 5.25. The van der Waals surface area contributed by atoms with Gasteiger partial charge in [-0.3, -0.25) is 4.68 Å². The van der Waals surface area contributed by atoms with Crippen LogP contribution in [-0.4, -0.2) is 44.8 Å². The number of aliphatic hydroxyl groups excluding tert-OH is 2. The predicted octanol–water partition coefficient (Wildman–Crippen LogP) is -0.642. The minimum Gasteiger partial charge on any atom is -0.394 e. The molecule has 1 aromatic rings. The number of β-amino-alcohol motifs (C(OH)–C–C–N with tert-alkyl or cyclic N) is 1. The third-order valence-corrected chi connectivity index (χ3v) is 2.83. The van der Waals surface area contributed by atoms with Gasteiger partial charge in [0.25, 0.3) is 0 Å². The first-order valence-electron chi connectivity index (χ1n) is 5.25. The molecule has 0 amide bonds. The van der Waals surface area contributed by atoms with Crippen LogP contribution in [0.5, 0.6) is 0 Å². The van der Waals surface area contributed by atoms with Gasteiger partial charge >= 0.3 is 0 Å². The largest absolute Gasteiger partial charge is 0.394 e. The van der Waals surface area contributed by atoms with Crippen molar-refractivity contribution >= 4 is 0 Å². The van der Waals surface area contributed by atoms with Gasteiger partial charge in [0.2, 0.25) is 0 Å². The lowest BCUT2D eigenvalue weighted by molar-refractivity contribution is 0.132. The molecule has 2 rings (SSSR count). The van der Waals surface area contributed by atoms with Gasteiger partial charge in [0.05, 0.1) is 19.3 Å². The summed E-state index contributed by atoms with van der Waals surface area (Å²) in [5.74, 6) is 0. The number of nitrogens with zero attached hydrogens (tertiary/aromatic N) is 2. The van der Waals surface area contributed by atoms with E-state index in [-0.39, 0.29) is 12.1 Å². The molecule has 5 nitrogen and oxygen atoms in total. The predicted molar refractivity (Wildman–Crippen MR) is 55.3 cm³/mol. The lowest BCUT2D eigenvalue weighted by Crippen LogP contribution is -2.41. The second-order valence-corrected chi connectivity index (χ2v) is 4.20. The van der Waals surface area contributed by atoms with E-state index < -0.39 is 6.10 Å². The maximum absolute atomic E-state index is 9.70. The molecule has 0 spiro atoms. The van der Waals surface area contributed by atoms with Crippen LogP contribution in [0.3, 0.4) is 0 Å². The normalized spacial score (nSPS) is 20.1. The summed E-state index contributed by atoms with van der Waals surface area (Å²) < 4.78 is 1.70. The molecular weight excluding hydrogens is 194 g/mol.